The standard InChI is InChI=1S/C19H13NO4/c21-20(22)14-11-9-13(10-12-14)19-23-17-7-3-1-5-15(17)16-6-2-4-8-18(16)24-19/h1-12,19H. The van der Waals surface area contributed by atoms with Gasteiger partial charge in [0, 0.05) is 28.8 Å². The van der Waals surface area contributed by atoms with Crippen molar-refractivity contribution in [3.05, 3.63) is 88.5 Å². The second-order valence-corrected chi connectivity index (χ2v) is 5.41. The summed E-state index contributed by atoms with van der Waals surface area (Å²) >= 11 is 0. The summed E-state index contributed by atoms with van der Waals surface area (Å²) in [6.45, 7) is 0. The first kappa shape index (κ1) is 14.3. The molecule has 1 aliphatic heterocycles. The number of rotatable bonds is 2. The van der Waals surface area contributed by atoms with E-state index in [9.17, 15) is 10.1 Å². The van der Waals surface area contributed by atoms with E-state index < -0.39 is 11.2 Å². The number of hydrogen-bond donors (Lipinski definition) is 0. The van der Waals surface area contributed by atoms with Crippen LogP contribution in [0.4, 0.5) is 5.69 Å². The Hall–Kier alpha value is -3.34. The van der Waals surface area contributed by atoms with Crippen molar-refractivity contribution in [3.63, 3.8) is 0 Å². The number of nitro benzene ring substituents is 1. The molecule has 118 valence electrons. The van der Waals surface area contributed by atoms with Crippen molar-refractivity contribution in [2.24, 2.45) is 0 Å². The first-order valence-electron chi connectivity index (χ1n) is 7.48. The zero-order valence-electron chi connectivity index (χ0n) is 12.6. The fourth-order valence-electron chi connectivity index (χ4n) is 2.73. The van der Waals surface area contributed by atoms with Gasteiger partial charge in [0.2, 0.25) is 0 Å². The van der Waals surface area contributed by atoms with Gasteiger partial charge in [-0.25, -0.2) is 0 Å². The van der Waals surface area contributed by atoms with E-state index in [4.69, 9.17) is 9.47 Å². The second kappa shape index (κ2) is 5.70. The smallest absolute Gasteiger partial charge is 0.269 e. The van der Waals surface area contributed by atoms with E-state index in [2.05, 4.69) is 0 Å². The van der Waals surface area contributed by atoms with Crippen LogP contribution >= 0.6 is 0 Å². The lowest BCUT2D eigenvalue weighted by atomic mass is 10.0. The molecule has 0 spiro atoms. The lowest BCUT2D eigenvalue weighted by Crippen LogP contribution is -2.13. The average Bonchev–Trinajstić information content (AvgIpc) is 2.79. The summed E-state index contributed by atoms with van der Waals surface area (Å²) in [5.74, 6) is 1.43. The Morgan fingerprint density at radius 2 is 1.25 bits per heavy atom. The molecular formula is C19H13NO4. The third-order valence-electron chi connectivity index (χ3n) is 3.91. The highest BCUT2D eigenvalue weighted by atomic mass is 16.7. The van der Waals surface area contributed by atoms with Crippen LogP contribution in [-0.2, 0) is 0 Å². The molecule has 0 unspecified atom stereocenters. The van der Waals surface area contributed by atoms with Gasteiger partial charge < -0.3 is 9.47 Å². The van der Waals surface area contributed by atoms with Gasteiger partial charge in [-0.05, 0) is 24.3 Å². The van der Waals surface area contributed by atoms with Crippen LogP contribution in [0.5, 0.6) is 11.5 Å². The summed E-state index contributed by atoms with van der Waals surface area (Å²) in [5, 5.41) is 10.8. The van der Waals surface area contributed by atoms with Gasteiger partial charge in [-0.1, -0.05) is 36.4 Å². The first-order chi connectivity index (χ1) is 11.7. The van der Waals surface area contributed by atoms with E-state index >= 15 is 0 Å². The van der Waals surface area contributed by atoms with E-state index in [-0.39, 0.29) is 5.69 Å². The number of hydrogen-bond acceptors (Lipinski definition) is 4. The largest absolute Gasteiger partial charge is 0.450 e. The molecule has 4 rings (SSSR count). The molecule has 0 aliphatic carbocycles. The van der Waals surface area contributed by atoms with Crippen molar-refractivity contribution in [2.75, 3.05) is 0 Å². The van der Waals surface area contributed by atoms with Crippen molar-refractivity contribution < 1.29 is 14.4 Å². The Balaban J connectivity index is 1.78. The van der Waals surface area contributed by atoms with Gasteiger partial charge in [-0.3, -0.25) is 10.1 Å². The molecule has 0 N–H and O–H groups in total. The molecule has 0 saturated carbocycles. The molecule has 0 amide bonds. The number of non-ortho nitro benzene ring substituents is 1. The summed E-state index contributed by atoms with van der Waals surface area (Å²) in [6.07, 6.45) is -0.671. The van der Waals surface area contributed by atoms with Gasteiger partial charge in [0.15, 0.2) is 0 Å². The van der Waals surface area contributed by atoms with E-state index in [0.29, 0.717) is 17.1 Å². The van der Waals surface area contributed by atoms with E-state index in [1.807, 2.05) is 48.5 Å². The molecule has 0 saturated heterocycles. The number of nitrogens with zero attached hydrogens (tertiary/aromatic N) is 1. The molecule has 0 atom stereocenters. The Bertz CT molecular complexity index is 858. The zero-order valence-corrected chi connectivity index (χ0v) is 12.6. The van der Waals surface area contributed by atoms with Crippen molar-refractivity contribution in [2.45, 2.75) is 6.29 Å². The maximum Gasteiger partial charge on any atom is 0.269 e. The molecule has 0 bridgehead atoms. The molecule has 0 aromatic heterocycles. The van der Waals surface area contributed by atoms with E-state index in [1.54, 1.807) is 12.1 Å². The minimum Gasteiger partial charge on any atom is -0.450 e. The maximum absolute atomic E-state index is 10.8. The topological polar surface area (TPSA) is 61.6 Å². The molecule has 3 aromatic carbocycles. The van der Waals surface area contributed by atoms with Crippen LogP contribution in [0.15, 0.2) is 72.8 Å². The number of nitro groups is 1. The van der Waals surface area contributed by atoms with Crippen LogP contribution in [0, 0.1) is 10.1 Å². The molecular weight excluding hydrogens is 306 g/mol. The van der Waals surface area contributed by atoms with Crippen LogP contribution < -0.4 is 9.47 Å². The first-order valence-corrected chi connectivity index (χ1v) is 7.48. The van der Waals surface area contributed by atoms with Crippen LogP contribution in [0.3, 0.4) is 0 Å². The molecule has 0 fully saturated rings. The highest BCUT2D eigenvalue weighted by molar-refractivity contribution is 5.76. The summed E-state index contributed by atoms with van der Waals surface area (Å²) < 4.78 is 12.1. The monoisotopic (exact) mass is 319 g/mol. The highest BCUT2D eigenvalue weighted by Crippen LogP contribution is 2.42. The predicted molar refractivity (Wildman–Crippen MR) is 89.0 cm³/mol. The lowest BCUT2D eigenvalue weighted by Gasteiger charge is -2.18. The number of para-hydroxylation sites is 2. The van der Waals surface area contributed by atoms with Crippen LogP contribution in [0.2, 0.25) is 0 Å². The predicted octanol–water partition coefficient (Wildman–Crippen LogP) is 4.73. The minimum absolute atomic E-state index is 0.0353. The van der Waals surface area contributed by atoms with E-state index in [1.165, 1.54) is 12.1 Å². The summed E-state index contributed by atoms with van der Waals surface area (Å²) in [5.41, 5.74) is 2.66. The third-order valence-corrected chi connectivity index (χ3v) is 3.91. The second-order valence-electron chi connectivity index (χ2n) is 5.41. The van der Waals surface area contributed by atoms with Crippen molar-refractivity contribution in [1.82, 2.24) is 0 Å². The quantitative estimate of drug-likeness (QED) is 0.506. The molecule has 3 aromatic rings. The SMILES string of the molecule is O=[N+]([O-])c1ccc(C2Oc3ccccc3-c3ccccc3O2)cc1. The van der Waals surface area contributed by atoms with Crippen LogP contribution in [0.1, 0.15) is 11.9 Å². The number of benzene rings is 3. The molecule has 1 heterocycles. The average molecular weight is 319 g/mol. The molecule has 5 heteroatoms. The van der Waals surface area contributed by atoms with Crippen molar-refractivity contribution in [1.29, 1.82) is 0 Å². The Morgan fingerprint density at radius 1 is 0.750 bits per heavy atom. The number of fused-ring (bicyclic) bond motifs is 3. The summed E-state index contributed by atoms with van der Waals surface area (Å²) in [4.78, 5) is 10.4. The fourth-order valence-corrected chi connectivity index (χ4v) is 2.73. The zero-order chi connectivity index (χ0) is 16.5. The van der Waals surface area contributed by atoms with Gasteiger partial charge >= 0.3 is 0 Å². The van der Waals surface area contributed by atoms with Crippen LogP contribution in [0.25, 0.3) is 11.1 Å². The summed E-state index contributed by atoms with van der Waals surface area (Å²) in [7, 11) is 0. The van der Waals surface area contributed by atoms with Gasteiger partial charge in [0.05, 0.1) is 4.92 Å². The molecule has 0 radical (unpaired) electrons. The number of ether oxygens (including phenoxy) is 2. The van der Waals surface area contributed by atoms with Crippen LogP contribution in [-0.4, -0.2) is 4.92 Å². The van der Waals surface area contributed by atoms with Crippen molar-refractivity contribution >= 4 is 5.69 Å². The summed E-state index contributed by atoms with van der Waals surface area (Å²) in [6, 6.07) is 21.6. The van der Waals surface area contributed by atoms with Gasteiger partial charge in [0.1, 0.15) is 11.5 Å². The molecule has 24 heavy (non-hydrogen) atoms. The fraction of sp³-hybridized carbons (Fsp3) is 0.0526. The third kappa shape index (κ3) is 2.46. The van der Waals surface area contributed by atoms with Gasteiger partial charge in [-0.15, -0.1) is 0 Å². The maximum atomic E-state index is 10.8. The Labute approximate surface area is 138 Å². The normalized spacial score (nSPS) is 13.0. The lowest BCUT2D eigenvalue weighted by molar-refractivity contribution is -0.384. The Morgan fingerprint density at radius 3 is 1.75 bits per heavy atom. The Kier molecular flexibility index (Phi) is 3.39. The molecule has 1 aliphatic rings. The van der Waals surface area contributed by atoms with Gasteiger partial charge in [-0.2, -0.15) is 0 Å². The highest BCUT2D eigenvalue weighted by Gasteiger charge is 2.24. The van der Waals surface area contributed by atoms with E-state index in [0.717, 1.165) is 11.1 Å². The van der Waals surface area contributed by atoms with Gasteiger partial charge in [0.25, 0.3) is 12.0 Å². The minimum atomic E-state index is -0.671. The molecule has 5 nitrogen and oxygen atoms in total. The van der Waals surface area contributed by atoms with Crippen molar-refractivity contribution in [3.8, 4) is 22.6 Å².